The van der Waals surface area contributed by atoms with E-state index in [1.54, 1.807) is 12.3 Å². The van der Waals surface area contributed by atoms with Crippen molar-refractivity contribution in [2.75, 3.05) is 10.6 Å². The molecule has 0 amide bonds. The molecule has 2 aromatic heterocycles. The molecule has 0 saturated heterocycles. The van der Waals surface area contributed by atoms with Gasteiger partial charge in [-0.1, -0.05) is 25.0 Å². The van der Waals surface area contributed by atoms with E-state index in [9.17, 15) is 4.39 Å². The van der Waals surface area contributed by atoms with E-state index < -0.39 is 5.82 Å². The first-order chi connectivity index (χ1) is 13.7. The Balaban J connectivity index is 1.48. The van der Waals surface area contributed by atoms with Gasteiger partial charge < -0.3 is 16.4 Å². The van der Waals surface area contributed by atoms with Crippen LogP contribution in [0.25, 0.3) is 11.4 Å². The van der Waals surface area contributed by atoms with Gasteiger partial charge in [-0.15, -0.1) is 0 Å². The minimum atomic E-state index is -0.461. The van der Waals surface area contributed by atoms with Crippen molar-refractivity contribution in [1.82, 2.24) is 19.9 Å². The maximum Gasteiger partial charge on any atom is 0.224 e. The second-order valence-corrected chi connectivity index (χ2v) is 6.90. The third kappa shape index (κ3) is 4.40. The largest absolute Gasteiger partial charge is 0.350 e. The fourth-order valence-corrected chi connectivity index (χ4v) is 3.35. The van der Waals surface area contributed by atoms with Crippen LogP contribution in [0.4, 0.5) is 21.8 Å². The van der Waals surface area contributed by atoms with Gasteiger partial charge in [-0.2, -0.15) is 4.98 Å². The van der Waals surface area contributed by atoms with Gasteiger partial charge in [-0.05, 0) is 31.0 Å². The molecule has 144 valence electrons. The Morgan fingerprint density at radius 2 is 1.86 bits per heavy atom. The summed E-state index contributed by atoms with van der Waals surface area (Å²) < 4.78 is 13.0. The smallest absolute Gasteiger partial charge is 0.224 e. The summed E-state index contributed by atoms with van der Waals surface area (Å²) in [6.45, 7) is 0. The van der Waals surface area contributed by atoms with Gasteiger partial charge in [-0.3, -0.25) is 0 Å². The van der Waals surface area contributed by atoms with E-state index >= 15 is 0 Å². The molecule has 28 heavy (non-hydrogen) atoms. The van der Waals surface area contributed by atoms with Gasteiger partial charge in [0.05, 0.1) is 12.4 Å². The molecule has 1 aromatic carbocycles. The van der Waals surface area contributed by atoms with Crippen molar-refractivity contribution < 1.29 is 4.39 Å². The Labute approximate surface area is 162 Å². The van der Waals surface area contributed by atoms with Crippen molar-refractivity contribution in [2.24, 2.45) is 5.73 Å². The first-order valence-electron chi connectivity index (χ1n) is 9.37. The highest BCUT2D eigenvalue weighted by Gasteiger charge is 2.22. The molecule has 7 nitrogen and oxygen atoms in total. The third-order valence-corrected chi connectivity index (χ3v) is 4.80. The Kier molecular flexibility index (Phi) is 5.38. The number of nitrogens with one attached hydrogen (secondary N) is 2. The van der Waals surface area contributed by atoms with Crippen LogP contribution in [0.15, 0.2) is 48.9 Å². The van der Waals surface area contributed by atoms with Crippen LogP contribution in [0, 0.1) is 5.82 Å². The van der Waals surface area contributed by atoms with Crippen LogP contribution in [-0.4, -0.2) is 32.0 Å². The quantitative estimate of drug-likeness (QED) is 0.623. The molecule has 0 aliphatic heterocycles. The Bertz CT molecular complexity index is 932. The van der Waals surface area contributed by atoms with E-state index in [0.29, 0.717) is 17.6 Å². The average Bonchev–Trinajstić information content (AvgIpc) is 2.71. The summed E-state index contributed by atoms with van der Waals surface area (Å²) in [5.74, 6) is 1.22. The van der Waals surface area contributed by atoms with Crippen LogP contribution in [0.3, 0.4) is 0 Å². The van der Waals surface area contributed by atoms with Crippen LogP contribution in [0.2, 0.25) is 0 Å². The molecule has 1 aliphatic carbocycles. The normalized spacial score (nSPS) is 19.2. The standard InChI is InChI=1S/C20H22FN7/c21-14-11-24-19(25-12-14)13-4-3-5-15(10-13)26-18-8-9-23-20(28-18)27-17-7-2-1-6-16(17)22/h3-5,8-12,16-17H,1-2,6-7,22H2,(H2,23,26,27,28)/t16-,17+/m0/s1. The van der Waals surface area contributed by atoms with Gasteiger partial charge in [0.25, 0.3) is 0 Å². The average molecular weight is 379 g/mol. The van der Waals surface area contributed by atoms with Crippen molar-refractivity contribution in [2.45, 2.75) is 37.8 Å². The molecule has 4 rings (SSSR count). The topological polar surface area (TPSA) is 102 Å². The molecular formula is C20H22FN7. The van der Waals surface area contributed by atoms with Crippen molar-refractivity contribution in [1.29, 1.82) is 0 Å². The zero-order chi connectivity index (χ0) is 19.3. The first kappa shape index (κ1) is 18.2. The van der Waals surface area contributed by atoms with E-state index in [-0.39, 0.29) is 12.1 Å². The fraction of sp³-hybridized carbons (Fsp3) is 0.300. The predicted octanol–water partition coefficient (Wildman–Crippen LogP) is 3.50. The molecule has 2 atom stereocenters. The summed E-state index contributed by atoms with van der Waals surface area (Å²) in [5.41, 5.74) is 7.81. The van der Waals surface area contributed by atoms with Crippen LogP contribution in [0.1, 0.15) is 25.7 Å². The SMILES string of the molecule is N[C@H]1CCCC[C@H]1Nc1nccc(Nc2cccc(-c3ncc(F)cn3)c2)n1. The lowest BCUT2D eigenvalue weighted by atomic mass is 9.91. The Morgan fingerprint density at radius 1 is 1.04 bits per heavy atom. The molecule has 1 aliphatic rings. The number of hydrogen-bond acceptors (Lipinski definition) is 7. The summed E-state index contributed by atoms with van der Waals surface area (Å²) in [4.78, 5) is 16.9. The van der Waals surface area contributed by atoms with Crippen molar-refractivity contribution in [3.8, 4) is 11.4 Å². The summed E-state index contributed by atoms with van der Waals surface area (Å²) in [7, 11) is 0. The van der Waals surface area contributed by atoms with E-state index in [0.717, 1.165) is 36.5 Å². The van der Waals surface area contributed by atoms with Crippen LogP contribution in [-0.2, 0) is 0 Å². The van der Waals surface area contributed by atoms with Gasteiger partial charge in [0.1, 0.15) is 5.82 Å². The lowest BCUT2D eigenvalue weighted by Crippen LogP contribution is -2.42. The molecule has 4 N–H and O–H groups in total. The Morgan fingerprint density at radius 3 is 2.68 bits per heavy atom. The Hall–Kier alpha value is -3.13. The van der Waals surface area contributed by atoms with Crippen molar-refractivity contribution in [3.63, 3.8) is 0 Å². The summed E-state index contributed by atoms with van der Waals surface area (Å²) in [5, 5.41) is 6.62. The molecule has 1 fully saturated rings. The van der Waals surface area contributed by atoms with Gasteiger partial charge in [0, 0.05) is 29.5 Å². The number of rotatable bonds is 5. The van der Waals surface area contributed by atoms with Gasteiger partial charge in [-0.25, -0.2) is 19.3 Å². The van der Waals surface area contributed by atoms with Crippen LogP contribution in [0.5, 0.6) is 0 Å². The minimum absolute atomic E-state index is 0.126. The molecule has 0 spiro atoms. The second-order valence-electron chi connectivity index (χ2n) is 6.90. The number of aromatic nitrogens is 4. The van der Waals surface area contributed by atoms with Crippen molar-refractivity contribution >= 4 is 17.5 Å². The molecule has 1 saturated carbocycles. The summed E-state index contributed by atoms with van der Waals surface area (Å²) in [6, 6.07) is 9.68. The molecular weight excluding hydrogens is 357 g/mol. The number of hydrogen-bond donors (Lipinski definition) is 3. The van der Waals surface area contributed by atoms with E-state index in [1.807, 2.05) is 24.3 Å². The maximum absolute atomic E-state index is 13.0. The lowest BCUT2D eigenvalue weighted by Gasteiger charge is -2.29. The zero-order valence-corrected chi connectivity index (χ0v) is 15.3. The number of anilines is 3. The number of benzene rings is 1. The number of nitrogens with zero attached hydrogens (tertiary/aromatic N) is 4. The fourth-order valence-electron chi connectivity index (χ4n) is 3.35. The molecule has 0 radical (unpaired) electrons. The van der Waals surface area contributed by atoms with Crippen LogP contribution < -0.4 is 16.4 Å². The third-order valence-electron chi connectivity index (χ3n) is 4.80. The molecule has 2 heterocycles. The van der Waals surface area contributed by atoms with Gasteiger partial charge in [0.15, 0.2) is 11.6 Å². The van der Waals surface area contributed by atoms with Crippen LogP contribution >= 0.6 is 0 Å². The summed E-state index contributed by atoms with van der Waals surface area (Å²) in [6.07, 6.45) is 8.41. The first-order valence-corrected chi connectivity index (χ1v) is 9.37. The van der Waals surface area contributed by atoms with E-state index in [2.05, 4.69) is 30.6 Å². The number of halogens is 1. The number of nitrogens with two attached hydrogens (primary N) is 1. The maximum atomic E-state index is 13.0. The lowest BCUT2D eigenvalue weighted by molar-refractivity contribution is 0.402. The molecule has 8 heteroatoms. The highest BCUT2D eigenvalue weighted by atomic mass is 19.1. The zero-order valence-electron chi connectivity index (χ0n) is 15.3. The molecule has 0 unspecified atom stereocenters. The molecule has 3 aromatic rings. The minimum Gasteiger partial charge on any atom is -0.350 e. The van der Waals surface area contributed by atoms with Gasteiger partial charge >= 0.3 is 0 Å². The van der Waals surface area contributed by atoms with Gasteiger partial charge in [0.2, 0.25) is 5.95 Å². The highest BCUT2D eigenvalue weighted by molar-refractivity contribution is 5.66. The predicted molar refractivity (Wildman–Crippen MR) is 107 cm³/mol. The second kappa shape index (κ2) is 8.26. The molecule has 0 bridgehead atoms. The highest BCUT2D eigenvalue weighted by Crippen LogP contribution is 2.23. The monoisotopic (exact) mass is 379 g/mol. The van der Waals surface area contributed by atoms with E-state index in [1.165, 1.54) is 12.8 Å². The summed E-state index contributed by atoms with van der Waals surface area (Å²) >= 11 is 0. The van der Waals surface area contributed by atoms with E-state index in [4.69, 9.17) is 5.73 Å². The van der Waals surface area contributed by atoms with Crippen molar-refractivity contribution in [3.05, 3.63) is 54.7 Å².